The van der Waals surface area contributed by atoms with Gasteiger partial charge in [-0.3, -0.25) is 0 Å². The molecule has 2 rings (SSSR count). The molecule has 1 nitrogen and oxygen atoms in total. The van der Waals surface area contributed by atoms with Crippen molar-refractivity contribution in [2.45, 2.75) is 19.3 Å². The van der Waals surface area contributed by atoms with Crippen LogP contribution in [0.15, 0.2) is 16.6 Å². The van der Waals surface area contributed by atoms with Gasteiger partial charge in [0.2, 0.25) is 0 Å². The van der Waals surface area contributed by atoms with Crippen molar-refractivity contribution in [3.05, 3.63) is 28.0 Å². The van der Waals surface area contributed by atoms with Crippen molar-refractivity contribution in [2.24, 2.45) is 0 Å². The molecule has 76 valence electrons. The number of fused-ring (bicyclic) bond motifs is 1. The van der Waals surface area contributed by atoms with Gasteiger partial charge in [0.05, 0.1) is 4.47 Å². The standard InChI is InChI=1S/C11H13BrFN/c1-11(2)6-14(3)8-5-4-7(13)10(12)9(8)11/h4-5H,6H2,1-3H3. The molecule has 0 radical (unpaired) electrons. The van der Waals surface area contributed by atoms with Crippen LogP contribution < -0.4 is 4.90 Å². The normalized spacial score (nSPS) is 18.5. The van der Waals surface area contributed by atoms with E-state index in [-0.39, 0.29) is 11.2 Å². The van der Waals surface area contributed by atoms with Gasteiger partial charge in [-0.05, 0) is 33.6 Å². The SMILES string of the molecule is CN1CC(C)(C)c2c1ccc(F)c2Br. The van der Waals surface area contributed by atoms with Gasteiger partial charge in [-0.2, -0.15) is 0 Å². The zero-order valence-corrected chi connectivity index (χ0v) is 10.2. The minimum absolute atomic E-state index is 0.0189. The Kier molecular flexibility index (Phi) is 2.11. The van der Waals surface area contributed by atoms with Crippen molar-refractivity contribution >= 4 is 21.6 Å². The Morgan fingerprint density at radius 2 is 2.07 bits per heavy atom. The van der Waals surface area contributed by atoms with E-state index < -0.39 is 0 Å². The number of halogens is 2. The Morgan fingerprint density at radius 1 is 1.43 bits per heavy atom. The third-order valence-corrected chi connectivity index (χ3v) is 3.57. The minimum atomic E-state index is -0.174. The molecule has 0 unspecified atom stereocenters. The van der Waals surface area contributed by atoms with Crippen LogP contribution in [0.3, 0.4) is 0 Å². The smallest absolute Gasteiger partial charge is 0.137 e. The number of benzene rings is 1. The molecule has 0 bridgehead atoms. The number of nitrogens with zero attached hydrogens (tertiary/aromatic N) is 1. The van der Waals surface area contributed by atoms with Gasteiger partial charge in [-0.1, -0.05) is 13.8 Å². The number of anilines is 1. The highest BCUT2D eigenvalue weighted by Gasteiger charge is 2.36. The lowest BCUT2D eigenvalue weighted by Crippen LogP contribution is -2.25. The lowest BCUT2D eigenvalue weighted by atomic mass is 9.87. The predicted molar refractivity (Wildman–Crippen MR) is 60.4 cm³/mol. The number of hydrogen-bond acceptors (Lipinski definition) is 1. The van der Waals surface area contributed by atoms with E-state index in [0.717, 1.165) is 17.8 Å². The molecule has 0 amide bonds. The van der Waals surface area contributed by atoms with Crippen molar-refractivity contribution in [1.82, 2.24) is 0 Å². The summed E-state index contributed by atoms with van der Waals surface area (Å²) in [6, 6.07) is 3.37. The van der Waals surface area contributed by atoms with E-state index in [1.807, 2.05) is 13.1 Å². The van der Waals surface area contributed by atoms with Crippen LogP contribution >= 0.6 is 15.9 Å². The van der Waals surface area contributed by atoms with Crippen molar-refractivity contribution in [3.63, 3.8) is 0 Å². The lowest BCUT2D eigenvalue weighted by Gasteiger charge is -2.19. The molecule has 1 aromatic rings. The maximum absolute atomic E-state index is 13.4. The van der Waals surface area contributed by atoms with E-state index in [1.165, 1.54) is 6.07 Å². The van der Waals surface area contributed by atoms with Crippen molar-refractivity contribution < 1.29 is 4.39 Å². The molecule has 1 aliphatic heterocycles. The van der Waals surface area contributed by atoms with Crippen LogP contribution in [0.1, 0.15) is 19.4 Å². The monoisotopic (exact) mass is 257 g/mol. The summed E-state index contributed by atoms with van der Waals surface area (Å²) in [5.74, 6) is -0.174. The van der Waals surface area contributed by atoms with Crippen LogP contribution in [0.25, 0.3) is 0 Å². The van der Waals surface area contributed by atoms with E-state index >= 15 is 0 Å². The highest BCUT2D eigenvalue weighted by atomic mass is 79.9. The molecule has 1 aliphatic rings. The van der Waals surface area contributed by atoms with Crippen LogP contribution in [-0.2, 0) is 5.41 Å². The van der Waals surface area contributed by atoms with E-state index in [2.05, 4.69) is 34.7 Å². The third kappa shape index (κ3) is 1.26. The van der Waals surface area contributed by atoms with Crippen LogP contribution in [0, 0.1) is 5.82 Å². The van der Waals surface area contributed by atoms with Gasteiger partial charge >= 0.3 is 0 Å². The van der Waals surface area contributed by atoms with E-state index in [0.29, 0.717) is 4.47 Å². The molecular formula is C11H13BrFN. The summed E-state index contributed by atoms with van der Waals surface area (Å²) in [6.07, 6.45) is 0. The van der Waals surface area contributed by atoms with Gasteiger partial charge in [0, 0.05) is 24.7 Å². The maximum Gasteiger partial charge on any atom is 0.137 e. The number of likely N-dealkylation sites (N-methyl/N-ethyl adjacent to an activating group) is 1. The van der Waals surface area contributed by atoms with E-state index in [9.17, 15) is 4.39 Å². The molecule has 14 heavy (non-hydrogen) atoms. The molecule has 0 aliphatic carbocycles. The quantitative estimate of drug-likeness (QED) is 0.690. The molecule has 0 saturated heterocycles. The summed E-state index contributed by atoms with van der Waals surface area (Å²) < 4.78 is 14.0. The van der Waals surface area contributed by atoms with Gasteiger partial charge in [0.15, 0.2) is 0 Å². The summed E-state index contributed by atoms with van der Waals surface area (Å²) in [7, 11) is 2.04. The van der Waals surface area contributed by atoms with Gasteiger partial charge in [0.25, 0.3) is 0 Å². The highest BCUT2D eigenvalue weighted by molar-refractivity contribution is 9.10. The molecular weight excluding hydrogens is 245 g/mol. The average molecular weight is 258 g/mol. The first kappa shape index (κ1) is 9.97. The fraction of sp³-hybridized carbons (Fsp3) is 0.455. The first-order valence-corrected chi connectivity index (χ1v) is 5.42. The van der Waals surface area contributed by atoms with Crippen LogP contribution in [0.5, 0.6) is 0 Å². The Hall–Kier alpha value is -0.570. The first-order valence-electron chi connectivity index (χ1n) is 4.63. The second kappa shape index (κ2) is 2.96. The zero-order chi connectivity index (χ0) is 10.5. The molecule has 0 spiro atoms. The average Bonchev–Trinajstić information content (AvgIpc) is 2.29. The van der Waals surface area contributed by atoms with Crippen molar-refractivity contribution in [3.8, 4) is 0 Å². The topological polar surface area (TPSA) is 3.24 Å². The number of hydrogen-bond donors (Lipinski definition) is 0. The van der Waals surface area contributed by atoms with Gasteiger partial charge in [0.1, 0.15) is 5.82 Å². The lowest BCUT2D eigenvalue weighted by molar-refractivity contribution is 0.551. The van der Waals surface area contributed by atoms with E-state index in [1.54, 1.807) is 0 Å². The largest absolute Gasteiger partial charge is 0.373 e. The maximum atomic E-state index is 13.4. The third-order valence-electron chi connectivity index (χ3n) is 2.79. The summed E-state index contributed by atoms with van der Waals surface area (Å²) in [4.78, 5) is 2.17. The summed E-state index contributed by atoms with van der Waals surface area (Å²) in [6.45, 7) is 5.21. The Labute approximate surface area is 92.0 Å². The molecule has 1 aromatic carbocycles. The highest BCUT2D eigenvalue weighted by Crippen LogP contribution is 2.44. The fourth-order valence-corrected chi connectivity index (χ4v) is 3.13. The summed E-state index contributed by atoms with van der Waals surface area (Å²) in [5.41, 5.74) is 2.23. The predicted octanol–water partition coefficient (Wildman–Crippen LogP) is 3.32. The zero-order valence-electron chi connectivity index (χ0n) is 8.56. The first-order chi connectivity index (χ1) is 6.43. The van der Waals surface area contributed by atoms with Crippen LogP contribution in [0.2, 0.25) is 0 Å². The number of rotatable bonds is 0. The molecule has 0 saturated carbocycles. The van der Waals surface area contributed by atoms with Gasteiger partial charge in [-0.25, -0.2) is 4.39 Å². The summed E-state index contributed by atoms with van der Waals surface area (Å²) >= 11 is 3.33. The molecule has 3 heteroatoms. The van der Waals surface area contributed by atoms with Crippen LogP contribution in [0.4, 0.5) is 10.1 Å². The molecule has 1 heterocycles. The molecule has 0 atom stereocenters. The van der Waals surface area contributed by atoms with E-state index in [4.69, 9.17) is 0 Å². The molecule has 0 N–H and O–H groups in total. The Bertz CT molecular complexity index is 387. The van der Waals surface area contributed by atoms with Crippen molar-refractivity contribution in [1.29, 1.82) is 0 Å². The van der Waals surface area contributed by atoms with Crippen LogP contribution in [-0.4, -0.2) is 13.6 Å². The fourth-order valence-electron chi connectivity index (χ4n) is 2.26. The second-order valence-corrected chi connectivity index (χ2v) is 5.29. The van der Waals surface area contributed by atoms with Crippen molar-refractivity contribution in [2.75, 3.05) is 18.5 Å². The summed E-state index contributed by atoms with van der Waals surface area (Å²) in [5, 5.41) is 0. The van der Waals surface area contributed by atoms with Gasteiger partial charge < -0.3 is 4.90 Å². The Balaban J connectivity index is 2.70. The second-order valence-electron chi connectivity index (χ2n) is 4.50. The van der Waals surface area contributed by atoms with Gasteiger partial charge in [-0.15, -0.1) is 0 Å². The Morgan fingerprint density at radius 3 is 2.71 bits per heavy atom. The molecule has 0 fully saturated rings. The minimum Gasteiger partial charge on any atom is -0.373 e. The molecule has 0 aromatic heterocycles.